The van der Waals surface area contributed by atoms with Gasteiger partial charge in [0, 0.05) is 13.1 Å². The van der Waals surface area contributed by atoms with Gasteiger partial charge in [-0.25, -0.2) is 14.2 Å². The van der Waals surface area contributed by atoms with Crippen LogP contribution >= 0.6 is 0 Å². The van der Waals surface area contributed by atoms with E-state index < -0.39 is 58.0 Å². The number of aromatic hydroxyl groups is 1. The molecule has 2 heterocycles. The summed E-state index contributed by atoms with van der Waals surface area (Å²) in [6.07, 6.45) is -0.605. The zero-order valence-electron chi connectivity index (χ0n) is 22.0. The smallest absolute Gasteiger partial charge is 0.407 e. The summed E-state index contributed by atoms with van der Waals surface area (Å²) in [6, 6.07) is 5.47. The molecule has 2 amide bonds. The number of aliphatic hydroxyl groups is 1. The largest absolute Gasteiger partial charge is 0.501 e. The van der Waals surface area contributed by atoms with E-state index in [0.717, 1.165) is 0 Å². The van der Waals surface area contributed by atoms with E-state index in [4.69, 9.17) is 9.47 Å². The molecule has 2 aromatic rings. The predicted molar refractivity (Wildman–Crippen MR) is 135 cm³/mol. The van der Waals surface area contributed by atoms with Crippen LogP contribution in [0.2, 0.25) is 0 Å². The van der Waals surface area contributed by atoms with E-state index in [1.165, 1.54) is 24.3 Å². The predicted octanol–water partition coefficient (Wildman–Crippen LogP) is 2.26. The Bertz CT molecular complexity index is 1190. The second-order valence-corrected chi connectivity index (χ2v) is 10.4. The third kappa shape index (κ3) is 7.29. The topological polar surface area (TPSA) is 163 Å². The summed E-state index contributed by atoms with van der Waals surface area (Å²) in [7, 11) is 0. The number of rotatable bonds is 8. The van der Waals surface area contributed by atoms with Crippen LogP contribution in [-0.4, -0.2) is 63.1 Å². The fourth-order valence-electron chi connectivity index (χ4n) is 4.12. The van der Waals surface area contributed by atoms with Crippen LogP contribution in [0.3, 0.4) is 0 Å². The van der Waals surface area contributed by atoms with Crippen LogP contribution in [0.1, 0.15) is 68.8 Å². The number of carbonyl (C=O) groups excluding carboxylic acids is 2. The van der Waals surface area contributed by atoms with Crippen LogP contribution in [0.4, 0.5) is 9.18 Å². The number of alkyl carbamates (subject to hydrolysis) is 1. The molecule has 3 unspecified atom stereocenters. The molecule has 0 saturated carbocycles. The lowest BCUT2D eigenvalue weighted by molar-refractivity contribution is -0.0920. The quantitative estimate of drug-likeness (QED) is 0.344. The van der Waals surface area contributed by atoms with E-state index >= 15 is 0 Å². The number of halogens is 1. The fourth-order valence-corrected chi connectivity index (χ4v) is 4.12. The number of ether oxygens (including phenoxy) is 2. The van der Waals surface area contributed by atoms with Gasteiger partial charge in [0.25, 0.3) is 11.5 Å². The van der Waals surface area contributed by atoms with E-state index in [0.29, 0.717) is 24.8 Å². The average molecular weight is 535 g/mol. The number of carbonyl (C=O) groups is 2. The summed E-state index contributed by atoms with van der Waals surface area (Å²) in [5, 5.41) is 25.8. The lowest BCUT2D eigenvalue weighted by Gasteiger charge is -2.40. The third-order valence-electron chi connectivity index (χ3n) is 6.28. The molecule has 11 nitrogen and oxygen atoms in total. The van der Waals surface area contributed by atoms with Crippen molar-refractivity contribution in [2.24, 2.45) is 0 Å². The lowest BCUT2D eigenvalue weighted by Crippen LogP contribution is -2.52. The van der Waals surface area contributed by atoms with Crippen molar-refractivity contribution in [2.45, 2.75) is 76.7 Å². The molecule has 3 rings (SSSR count). The van der Waals surface area contributed by atoms with Gasteiger partial charge in [-0.3, -0.25) is 9.59 Å². The Hall–Kier alpha value is -3.51. The molecule has 0 aliphatic carbocycles. The molecule has 1 aromatic carbocycles. The van der Waals surface area contributed by atoms with Gasteiger partial charge in [-0.1, -0.05) is 19.1 Å². The summed E-state index contributed by atoms with van der Waals surface area (Å²) in [4.78, 5) is 44.7. The molecule has 0 bridgehead atoms. The van der Waals surface area contributed by atoms with Crippen molar-refractivity contribution in [3.8, 4) is 5.75 Å². The fraction of sp³-hybridized carbons (Fsp3) is 0.538. The van der Waals surface area contributed by atoms with E-state index in [9.17, 15) is 29.0 Å². The molecule has 1 aromatic heterocycles. The number of amides is 2. The van der Waals surface area contributed by atoms with Crippen LogP contribution in [0.5, 0.6) is 5.75 Å². The van der Waals surface area contributed by atoms with Gasteiger partial charge in [-0.2, -0.15) is 0 Å². The summed E-state index contributed by atoms with van der Waals surface area (Å²) in [5.74, 6) is -2.07. The number of nitrogens with one attached hydrogen (secondary N) is 3. The number of nitrogens with zero attached hydrogens (tertiary/aromatic N) is 1. The molecular weight excluding hydrogens is 499 g/mol. The van der Waals surface area contributed by atoms with Crippen molar-refractivity contribution >= 4 is 12.0 Å². The van der Waals surface area contributed by atoms with E-state index in [1.54, 1.807) is 20.8 Å². The first-order valence-electron chi connectivity index (χ1n) is 12.5. The average Bonchev–Trinajstić information content (AvgIpc) is 2.87. The second-order valence-electron chi connectivity index (χ2n) is 10.4. The first-order valence-corrected chi connectivity index (χ1v) is 12.5. The van der Waals surface area contributed by atoms with Gasteiger partial charge >= 0.3 is 6.09 Å². The van der Waals surface area contributed by atoms with Crippen LogP contribution in [0, 0.1) is 5.82 Å². The standard InChI is InChI=1S/C26H35FN4O7/c1-5-17(32)18-10-11-26(14-37-18,13-29-24(36)38-25(2,3)4)23-30-19(20(33)22(35)31-23)21(34)28-12-15-6-8-16(27)9-7-15/h6-9,17-18,32-33H,5,10-14H2,1-4H3,(H,28,34)(H,29,36)(H,30,31,35). The van der Waals surface area contributed by atoms with Gasteiger partial charge in [-0.05, 0) is 57.7 Å². The Balaban J connectivity index is 1.88. The lowest BCUT2D eigenvalue weighted by atomic mass is 9.79. The second kappa shape index (κ2) is 11.9. The third-order valence-corrected chi connectivity index (χ3v) is 6.28. The molecule has 3 atom stereocenters. The molecule has 1 saturated heterocycles. The van der Waals surface area contributed by atoms with Crippen molar-refractivity contribution in [1.82, 2.24) is 20.6 Å². The van der Waals surface area contributed by atoms with Crippen molar-refractivity contribution in [1.29, 1.82) is 0 Å². The van der Waals surface area contributed by atoms with Gasteiger partial charge in [0.15, 0.2) is 5.69 Å². The van der Waals surface area contributed by atoms with Crippen molar-refractivity contribution in [3.63, 3.8) is 0 Å². The van der Waals surface area contributed by atoms with Crippen molar-refractivity contribution in [3.05, 3.63) is 57.5 Å². The van der Waals surface area contributed by atoms with Gasteiger partial charge in [0.05, 0.1) is 24.2 Å². The summed E-state index contributed by atoms with van der Waals surface area (Å²) >= 11 is 0. The number of hydrogen-bond acceptors (Lipinski definition) is 8. The van der Waals surface area contributed by atoms with Crippen LogP contribution < -0.4 is 16.2 Å². The van der Waals surface area contributed by atoms with E-state index in [2.05, 4.69) is 20.6 Å². The molecule has 0 radical (unpaired) electrons. The Kier molecular flexibility index (Phi) is 9.10. The number of benzene rings is 1. The number of aromatic nitrogens is 2. The minimum Gasteiger partial charge on any atom is -0.501 e. The maximum Gasteiger partial charge on any atom is 0.407 e. The Labute approximate surface area is 219 Å². The van der Waals surface area contributed by atoms with Gasteiger partial charge in [0.2, 0.25) is 5.75 Å². The Morgan fingerprint density at radius 1 is 1.29 bits per heavy atom. The minimum absolute atomic E-state index is 0.00735. The zero-order chi connectivity index (χ0) is 28.1. The van der Waals surface area contributed by atoms with Crippen molar-refractivity contribution < 1.29 is 33.7 Å². The molecule has 38 heavy (non-hydrogen) atoms. The van der Waals surface area contributed by atoms with Crippen LogP contribution in [0.15, 0.2) is 29.1 Å². The normalized spacial score (nSPS) is 20.4. The summed E-state index contributed by atoms with van der Waals surface area (Å²) in [5.41, 5.74) is -2.66. The molecule has 208 valence electrons. The Morgan fingerprint density at radius 3 is 2.55 bits per heavy atom. The maximum absolute atomic E-state index is 13.2. The molecule has 12 heteroatoms. The highest BCUT2D eigenvalue weighted by Crippen LogP contribution is 2.34. The summed E-state index contributed by atoms with van der Waals surface area (Å²) in [6.45, 7) is 6.91. The van der Waals surface area contributed by atoms with E-state index in [-0.39, 0.29) is 25.5 Å². The molecule has 1 fully saturated rings. The monoisotopic (exact) mass is 534 g/mol. The molecule has 0 spiro atoms. The number of aromatic amines is 1. The first kappa shape index (κ1) is 29.1. The maximum atomic E-state index is 13.2. The van der Waals surface area contributed by atoms with Gasteiger partial charge < -0.3 is 35.3 Å². The molecular formula is C26H35FN4O7. The molecule has 1 aliphatic heterocycles. The van der Waals surface area contributed by atoms with Crippen LogP contribution in [0.25, 0.3) is 0 Å². The van der Waals surface area contributed by atoms with Crippen molar-refractivity contribution in [2.75, 3.05) is 13.2 Å². The van der Waals surface area contributed by atoms with Gasteiger partial charge in [-0.15, -0.1) is 0 Å². The highest BCUT2D eigenvalue weighted by atomic mass is 19.1. The highest BCUT2D eigenvalue weighted by Gasteiger charge is 2.43. The minimum atomic E-state index is -1.08. The zero-order valence-corrected chi connectivity index (χ0v) is 22.0. The number of hydrogen-bond donors (Lipinski definition) is 5. The summed E-state index contributed by atoms with van der Waals surface area (Å²) < 4.78 is 24.4. The Morgan fingerprint density at radius 2 is 1.97 bits per heavy atom. The van der Waals surface area contributed by atoms with E-state index in [1.807, 2.05) is 6.92 Å². The van der Waals surface area contributed by atoms with Gasteiger partial charge in [0.1, 0.15) is 17.2 Å². The number of H-pyrrole nitrogens is 1. The van der Waals surface area contributed by atoms with Crippen LogP contribution in [-0.2, 0) is 21.4 Å². The number of aliphatic hydroxyl groups excluding tert-OH is 1. The first-order chi connectivity index (χ1) is 17.8. The SMILES string of the molecule is CCC(O)C1CCC(CNC(=O)OC(C)(C)C)(c2nc(C(=O)NCc3ccc(F)cc3)c(O)c(=O)[nH]2)CO1. The highest BCUT2D eigenvalue weighted by molar-refractivity contribution is 5.94. The molecule has 1 aliphatic rings. The molecule has 5 N–H and O–H groups in total.